The molecule has 0 amide bonds. The molecular weight excluding hydrogens is 596 g/mol. The van der Waals surface area contributed by atoms with Gasteiger partial charge in [-0.1, -0.05) is 36.6 Å². The summed E-state index contributed by atoms with van der Waals surface area (Å²) in [5.41, 5.74) is 1.30. The normalized spacial score (nSPS) is 29.5. The summed E-state index contributed by atoms with van der Waals surface area (Å²) >= 11 is 0. The van der Waals surface area contributed by atoms with E-state index in [1.165, 1.54) is 31.8 Å². The predicted octanol–water partition coefficient (Wildman–Crippen LogP) is 6.86. The second-order valence-corrected chi connectivity index (χ2v) is 15.0. The number of allylic oxidation sites excluding steroid dienone is 2. The summed E-state index contributed by atoms with van der Waals surface area (Å²) in [5.74, 6) is 0.871. The molecule has 0 bridgehead atoms. The molecule has 7 atom stereocenters. The monoisotopic (exact) mass is 654 g/mol. The maximum atomic E-state index is 11.8. The van der Waals surface area contributed by atoms with Crippen molar-refractivity contribution in [2.45, 2.75) is 128 Å². The fourth-order valence-electron chi connectivity index (χ4n) is 7.29. The van der Waals surface area contributed by atoms with Gasteiger partial charge in [-0.2, -0.15) is 8.42 Å². The van der Waals surface area contributed by atoms with Crippen LogP contribution in [0, 0.1) is 23.7 Å². The van der Waals surface area contributed by atoms with Crippen molar-refractivity contribution in [1.82, 2.24) is 0 Å². The van der Waals surface area contributed by atoms with E-state index in [0.29, 0.717) is 18.4 Å². The van der Waals surface area contributed by atoms with Gasteiger partial charge >= 0.3 is 5.97 Å². The van der Waals surface area contributed by atoms with Gasteiger partial charge in [0.25, 0.3) is 10.1 Å². The molecule has 2 aliphatic carbocycles. The standard InChI is InChI=1S/C35H58O9S/c1-27(36)39-19-12-8-15-28(26-43-45(2,37)38)29-23-30-25-33(44-35-18-10-14-22-42-35)31(32(30)24-29)16-7-5-3-4-6-11-20-40-34-17-9-13-21-41-34/h7,16,24,28,30-35H,3-6,8-15,17-23,25-26H2,1-2H3/t28?,30?,31-,32?,33-,34?,35?/m1/s1. The molecule has 0 aromatic rings. The molecule has 5 unspecified atom stereocenters. The van der Waals surface area contributed by atoms with Gasteiger partial charge in [-0.15, -0.1) is 0 Å². The molecule has 0 N–H and O–H groups in total. The minimum Gasteiger partial charge on any atom is -0.466 e. The van der Waals surface area contributed by atoms with Crippen LogP contribution in [0.25, 0.3) is 0 Å². The Kier molecular flexibility index (Phi) is 15.8. The number of ether oxygens (including phenoxy) is 5. The van der Waals surface area contributed by atoms with Crippen molar-refractivity contribution in [1.29, 1.82) is 0 Å². The van der Waals surface area contributed by atoms with Crippen molar-refractivity contribution in [3.8, 4) is 0 Å². The number of carbonyl (C=O) groups excluding carboxylic acids is 1. The Morgan fingerprint density at radius 2 is 1.71 bits per heavy atom. The summed E-state index contributed by atoms with van der Waals surface area (Å²) in [6.07, 6.45) is 24.8. The first-order chi connectivity index (χ1) is 21.8. The van der Waals surface area contributed by atoms with Gasteiger partial charge in [-0.05, 0) is 102 Å². The highest BCUT2D eigenvalue weighted by Gasteiger charge is 2.46. The maximum absolute atomic E-state index is 11.8. The smallest absolute Gasteiger partial charge is 0.302 e. The molecule has 4 aliphatic rings. The van der Waals surface area contributed by atoms with Gasteiger partial charge < -0.3 is 23.7 Å². The second-order valence-electron chi connectivity index (χ2n) is 13.4. The first-order valence-electron chi connectivity index (χ1n) is 17.6. The van der Waals surface area contributed by atoms with Crippen LogP contribution in [0.3, 0.4) is 0 Å². The van der Waals surface area contributed by atoms with Crippen LogP contribution in [0.2, 0.25) is 0 Å². The van der Waals surface area contributed by atoms with Gasteiger partial charge in [0.15, 0.2) is 12.6 Å². The molecule has 0 radical (unpaired) electrons. The van der Waals surface area contributed by atoms with Crippen LogP contribution in [0.4, 0.5) is 0 Å². The topological polar surface area (TPSA) is 107 Å². The average Bonchev–Trinajstić information content (AvgIpc) is 3.56. The molecule has 1 saturated carbocycles. The summed E-state index contributed by atoms with van der Waals surface area (Å²) in [7, 11) is -3.53. The van der Waals surface area contributed by atoms with E-state index in [1.807, 2.05) is 0 Å². The lowest BCUT2D eigenvalue weighted by Crippen LogP contribution is -2.30. The molecule has 2 aliphatic heterocycles. The fraction of sp³-hybridized carbons (Fsp3) is 0.857. The Balaban J connectivity index is 1.30. The highest BCUT2D eigenvalue weighted by atomic mass is 32.2. The average molecular weight is 655 g/mol. The van der Waals surface area contributed by atoms with Gasteiger partial charge in [-0.25, -0.2) is 0 Å². The van der Waals surface area contributed by atoms with E-state index in [0.717, 1.165) is 110 Å². The van der Waals surface area contributed by atoms with Gasteiger partial charge in [0.05, 0.1) is 25.6 Å². The molecule has 258 valence electrons. The van der Waals surface area contributed by atoms with Gasteiger partial charge in [-0.3, -0.25) is 8.98 Å². The molecule has 45 heavy (non-hydrogen) atoms. The van der Waals surface area contributed by atoms with Gasteiger partial charge in [0.1, 0.15) is 0 Å². The zero-order chi connectivity index (χ0) is 31.9. The number of rotatable bonds is 20. The van der Waals surface area contributed by atoms with Crippen molar-refractivity contribution in [3.05, 3.63) is 23.8 Å². The molecule has 4 rings (SSSR count). The van der Waals surface area contributed by atoms with E-state index >= 15 is 0 Å². The Hall–Kier alpha value is -1.30. The van der Waals surface area contributed by atoms with E-state index in [9.17, 15) is 13.2 Å². The number of unbranched alkanes of at least 4 members (excludes halogenated alkanes) is 5. The minimum absolute atomic E-state index is 0.00563. The number of esters is 1. The van der Waals surface area contributed by atoms with Crippen LogP contribution >= 0.6 is 0 Å². The van der Waals surface area contributed by atoms with Crippen molar-refractivity contribution >= 4 is 16.1 Å². The van der Waals surface area contributed by atoms with Crippen LogP contribution in [0.15, 0.2) is 23.8 Å². The molecule has 10 heteroatoms. The lowest BCUT2D eigenvalue weighted by atomic mass is 9.91. The zero-order valence-corrected chi connectivity index (χ0v) is 28.5. The van der Waals surface area contributed by atoms with Crippen molar-refractivity contribution in [2.24, 2.45) is 23.7 Å². The lowest BCUT2D eigenvalue weighted by molar-refractivity contribution is -0.192. The maximum Gasteiger partial charge on any atom is 0.302 e. The van der Waals surface area contributed by atoms with Crippen LogP contribution in [-0.4, -0.2) is 72.4 Å². The highest BCUT2D eigenvalue weighted by Crippen LogP contribution is 2.50. The largest absolute Gasteiger partial charge is 0.466 e. The van der Waals surface area contributed by atoms with E-state index in [-0.39, 0.29) is 43.1 Å². The highest BCUT2D eigenvalue weighted by molar-refractivity contribution is 7.85. The van der Waals surface area contributed by atoms with E-state index in [2.05, 4.69) is 18.2 Å². The molecule has 2 heterocycles. The van der Waals surface area contributed by atoms with Crippen LogP contribution in [0.1, 0.15) is 110 Å². The van der Waals surface area contributed by atoms with Crippen LogP contribution in [-0.2, 0) is 42.8 Å². The van der Waals surface area contributed by atoms with E-state index in [1.54, 1.807) is 0 Å². The van der Waals surface area contributed by atoms with Crippen molar-refractivity contribution < 1.29 is 41.1 Å². The first-order valence-corrected chi connectivity index (χ1v) is 19.5. The lowest BCUT2D eigenvalue weighted by Gasteiger charge is -2.29. The third kappa shape index (κ3) is 13.4. The molecule has 0 aromatic heterocycles. The van der Waals surface area contributed by atoms with Crippen molar-refractivity contribution in [3.63, 3.8) is 0 Å². The predicted molar refractivity (Wildman–Crippen MR) is 173 cm³/mol. The Morgan fingerprint density at radius 3 is 2.42 bits per heavy atom. The molecular formula is C35H58O9S. The number of fused-ring (bicyclic) bond motifs is 1. The van der Waals surface area contributed by atoms with Crippen molar-refractivity contribution in [2.75, 3.05) is 39.3 Å². The summed E-state index contributed by atoms with van der Waals surface area (Å²) in [6.45, 7) is 4.34. The molecule has 0 spiro atoms. The Morgan fingerprint density at radius 1 is 0.978 bits per heavy atom. The number of carbonyl (C=O) groups is 1. The van der Waals surface area contributed by atoms with Crippen LogP contribution in [0.5, 0.6) is 0 Å². The second kappa shape index (κ2) is 19.5. The molecule has 9 nitrogen and oxygen atoms in total. The quantitative estimate of drug-likeness (QED) is 0.0603. The molecule has 0 aromatic carbocycles. The van der Waals surface area contributed by atoms with E-state index < -0.39 is 10.1 Å². The zero-order valence-electron chi connectivity index (χ0n) is 27.7. The Labute approximate surface area is 271 Å². The number of hydrogen-bond acceptors (Lipinski definition) is 9. The Bertz CT molecular complexity index is 1030. The van der Waals surface area contributed by atoms with Crippen LogP contribution < -0.4 is 0 Å². The molecule has 3 fully saturated rings. The molecule has 2 saturated heterocycles. The number of hydrogen-bond donors (Lipinski definition) is 0. The summed E-state index contributed by atoms with van der Waals surface area (Å²) < 4.78 is 58.2. The fourth-order valence-corrected chi connectivity index (χ4v) is 7.70. The van der Waals surface area contributed by atoms with Gasteiger partial charge in [0.2, 0.25) is 0 Å². The minimum atomic E-state index is -3.53. The van der Waals surface area contributed by atoms with E-state index in [4.69, 9.17) is 27.9 Å². The first kappa shape index (κ1) is 36.5. The summed E-state index contributed by atoms with van der Waals surface area (Å²) in [6, 6.07) is 0. The third-order valence-electron chi connectivity index (χ3n) is 9.65. The van der Waals surface area contributed by atoms with Gasteiger partial charge in [0, 0.05) is 38.6 Å². The summed E-state index contributed by atoms with van der Waals surface area (Å²) in [4.78, 5) is 11.1. The third-order valence-corrected chi connectivity index (χ3v) is 10.2. The summed E-state index contributed by atoms with van der Waals surface area (Å²) in [5, 5.41) is 0. The SMILES string of the molecule is CC(=O)OCCCCC(COS(C)(=O)=O)C1=CC2C(C1)C[C@@H](OC1CCCCO1)[C@@H]2C=CCCCCCCOC1CCCCO1.